The van der Waals surface area contributed by atoms with E-state index >= 15 is 0 Å². The molecule has 1 aliphatic rings. The van der Waals surface area contributed by atoms with E-state index in [1.807, 2.05) is 6.92 Å². The lowest BCUT2D eigenvalue weighted by atomic mass is 10.1. The molecule has 0 amide bonds. The first-order valence-electron chi connectivity index (χ1n) is 9.54. The molecule has 2 aromatic heterocycles. The third-order valence-corrected chi connectivity index (χ3v) is 5.65. The predicted molar refractivity (Wildman–Crippen MR) is 110 cm³/mol. The van der Waals surface area contributed by atoms with Crippen molar-refractivity contribution in [2.75, 3.05) is 5.75 Å². The lowest BCUT2D eigenvalue weighted by molar-refractivity contribution is -0.186. The highest BCUT2D eigenvalue weighted by molar-refractivity contribution is 7.99. The average molecular weight is 449 g/mol. The molecule has 0 saturated carbocycles. The molecule has 166 valence electrons. The van der Waals surface area contributed by atoms with Gasteiger partial charge in [0.2, 0.25) is 0 Å². The van der Waals surface area contributed by atoms with E-state index in [2.05, 4.69) is 4.98 Å². The zero-order valence-electron chi connectivity index (χ0n) is 17.5. The third-order valence-electron chi connectivity index (χ3n) is 4.43. The molecule has 0 radical (unpaired) electrons. The lowest BCUT2D eigenvalue weighted by Crippen LogP contribution is -2.55. The summed E-state index contributed by atoms with van der Waals surface area (Å²) < 4.78 is 27.6. The van der Waals surface area contributed by atoms with Crippen LogP contribution in [-0.4, -0.2) is 52.4 Å². The van der Waals surface area contributed by atoms with Crippen LogP contribution in [0.25, 0.3) is 11.3 Å². The lowest BCUT2D eigenvalue weighted by Gasteiger charge is -2.40. The summed E-state index contributed by atoms with van der Waals surface area (Å²) in [5, 5.41) is 0. The fourth-order valence-electron chi connectivity index (χ4n) is 3.22. The standard InChI is InChI=1S/C21H23NO8S/c1-11-5-7-22-17(15-6-8-26-9-15)18(11)30-21-20(29-14(4)25)19(28-13(3)24)16(10-31-21)27-12(2)23/h5-9,16,19-21H,10H2,1-4H3/t16-,19+,20-,21?/m1/s1. The monoisotopic (exact) mass is 449 g/mol. The second kappa shape index (κ2) is 9.86. The summed E-state index contributed by atoms with van der Waals surface area (Å²) >= 11 is 1.28. The molecule has 0 N–H and O–H groups in total. The Labute approximate surface area is 183 Å². The van der Waals surface area contributed by atoms with Gasteiger partial charge in [0, 0.05) is 38.3 Å². The first-order valence-corrected chi connectivity index (χ1v) is 10.6. The van der Waals surface area contributed by atoms with Crippen molar-refractivity contribution in [1.82, 2.24) is 4.98 Å². The van der Waals surface area contributed by atoms with Crippen molar-refractivity contribution < 1.29 is 37.7 Å². The first kappa shape index (κ1) is 22.7. The fourth-order valence-corrected chi connectivity index (χ4v) is 4.43. The second-order valence-corrected chi connectivity index (χ2v) is 8.06. The van der Waals surface area contributed by atoms with E-state index in [-0.39, 0.29) is 5.75 Å². The molecule has 1 unspecified atom stereocenters. The highest BCUT2D eigenvalue weighted by Gasteiger charge is 2.48. The number of rotatable bonds is 6. The number of carbonyl (C=O) groups is 3. The number of hydrogen-bond acceptors (Lipinski definition) is 10. The van der Waals surface area contributed by atoms with Crippen molar-refractivity contribution >= 4 is 29.7 Å². The summed E-state index contributed by atoms with van der Waals surface area (Å²) in [7, 11) is 0. The molecule has 1 aliphatic heterocycles. The molecule has 2 aromatic rings. The van der Waals surface area contributed by atoms with Crippen molar-refractivity contribution in [1.29, 1.82) is 0 Å². The summed E-state index contributed by atoms with van der Waals surface area (Å²) in [6, 6.07) is 3.54. The van der Waals surface area contributed by atoms with Gasteiger partial charge in [-0.15, -0.1) is 11.8 Å². The number of esters is 3. The minimum Gasteiger partial charge on any atom is -0.473 e. The van der Waals surface area contributed by atoms with Crippen LogP contribution in [0.15, 0.2) is 35.3 Å². The number of furan rings is 1. The van der Waals surface area contributed by atoms with Gasteiger partial charge in [-0.3, -0.25) is 19.4 Å². The predicted octanol–water partition coefficient (Wildman–Crippen LogP) is 2.90. The molecule has 0 aliphatic carbocycles. The Hall–Kier alpha value is -3.01. The van der Waals surface area contributed by atoms with Gasteiger partial charge >= 0.3 is 17.9 Å². The number of thioether (sulfide) groups is 1. The highest BCUT2D eigenvalue weighted by atomic mass is 32.2. The summed E-state index contributed by atoms with van der Waals surface area (Å²) in [6.45, 7) is 5.60. The third kappa shape index (κ3) is 5.57. The van der Waals surface area contributed by atoms with E-state index in [1.54, 1.807) is 24.6 Å². The normalized spacial score (nSPS) is 23.0. The van der Waals surface area contributed by atoms with Crippen LogP contribution < -0.4 is 4.74 Å². The summed E-state index contributed by atoms with van der Waals surface area (Å²) in [6.07, 6.45) is 1.90. The van der Waals surface area contributed by atoms with Crippen LogP contribution in [0, 0.1) is 6.92 Å². The Morgan fingerprint density at radius 2 is 1.71 bits per heavy atom. The number of ether oxygens (including phenoxy) is 4. The zero-order valence-corrected chi connectivity index (χ0v) is 18.3. The van der Waals surface area contributed by atoms with Gasteiger partial charge < -0.3 is 23.4 Å². The van der Waals surface area contributed by atoms with Gasteiger partial charge in [-0.2, -0.15) is 0 Å². The smallest absolute Gasteiger partial charge is 0.303 e. The van der Waals surface area contributed by atoms with Crippen LogP contribution in [-0.2, 0) is 28.6 Å². The van der Waals surface area contributed by atoms with E-state index in [4.69, 9.17) is 23.4 Å². The van der Waals surface area contributed by atoms with Crippen LogP contribution in [0.1, 0.15) is 26.3 Å². The number of hydrogen-bond donors (Lipinski definition) is 0. The molecule has 0 bridgehead atoms. The number of nitrogens with zero attached hydrogens (tertiary/aromatic N) is 1. The van der Waals surface area contributed by atoms with Crippen molar-refractivity contribution in [2.45, 2.75) is 51.4 Å². The number of aromatic nitrogens is 1. The Balaban J connectivity index is 1.95. The quantitative estimate of drug-likeness (QED) is 0.482. The van der Waals surface area contributed by atoms with Crippen molar-refractivity contribution in [3.63, 3.8) is 0 Å². The maximum absolute atomic E-state index is 11.8. The molecule has 3 heterocycles. The van der Waals surface area contributed by atoms with E-state index in [1.165, 1.54) is 38.8 Å². The maximum Gasteiger partial charge on any atom is 0.303 e. The van der Waals surface area contributed by atoms with Gasteiger partial charge in [-0.25, -0.2) is 0 Å². The average Bonchev–Trinajstić information content (AvgIpc) is 3.21. The maximum atomic E-state index is 11.8. The van der Waals surface area contributed by atoms with E-state index < -0.39 is 41.7 Å². The minimum absolute atomic E-state index is 0.278. The fraction of sp³-hybridized carbons (Fsp3) is 0.429. The molecule has 9 nitrogen and oxygen atoms in total. The highest BCUT2D eigenvalue weighted by Crippen LogP contribution is 2.38. The number of aryl methyl sites for hydroxylation is 1. The molecule has 10 heteroatoms. The van der Waals surface area contributed by atoms with Gasteiger partial charge in [0.25, 0.3) is 0 Å². The van der Waals surface area contributed by atoms with E-state index in [0.29, 0.717) is 11.4 Å². The van der Waals surface area contributed by atoms with E-state index in [9.17, 15) is 14.4 Å². The van der Waals surface area contributed by atoms with Gasteiger partial charge in [-0.1, -0.05) is 0 Å². The number of carbonyl (C=O) groups excluding carboxylic acids is 3. The van der Waals surface area contributed by atoms with Crippen molar-refractivity contribution in [3.05, 3.63) is 36.4 Å². The molecule has 1 saturated heterocycles. The van der Waals surface area contributed by atoms with E-state index in [0.717, 1.165) is 11.1 Å². The summed E-state index contributed by atoms with van der Waals surface area (Å²) in [5.41, 5.74) is 1.34. The first-order chi connectivity index (χ1) is 14.8. The van der Waals surface area contributed by atoms with Crippen molar-refractivity contribution in [2.24, 2.45) is 0 Å². The van der Waals surface area contributed by atoms with Gasteiger partial charge in [0.1, 0.15) is 5.69 Å². The summed E-state index contributed by atoms with van der Waals surface area (Å²) in [5.74, 6) is -0.958. The van der Waals surface area contributed by atoms with Crippen LogP contribution in [0.3, 0.4) is 0 Å². The second-order valence-electron chi connectivity index (χ2n) is 6.93. The summed E-state index contributed by atoms with van der Waals surface area (Å²) in [4.78, 5) is 39.5. The Morgan fingerprint density at radius 3 is 2.32 bits per heavy atom. The van der Waals surface area contributed by atoms with Gasteiger partial charge in [0.05, 0.1) is 12.5 Å². The van der Waals surface area contributed by atoms with Crippen LogP contribution >= 0.6 is 11.8 Å². The Bertz CT molecular complexity index is 945. The SMILES string of the molecule is CC(=O)O[C@H]1[C@H](OC(C)=O)CSC(Oc2c(C)ccnc2-c2ccoc2)[C@@H]1OC(C)=O. The topological polar surface area (TPSA) is 114 Å². The Kier molecular flexibility index (Phi) is 7.21. The van der Waals surface area contributed by atoms with Crippen LogP contribution in [0.5, 0.6) is 5.75 Å². The Morgan fingerprint density at radius 1 is 1.03 bits per heavy atom. The van der Waals surface area contributed by atoms with Gasteiger partial charge in [0.15, 0.2) is 29.5 Å². The molecule has 3 rings (SSSR count). The zero-order chi connectivity index (χ0) is 22.5. The molecule has 0 spiro atoms. The van der Waals surface area contributed by atoms with Crippen LogP contribution in [0.4, 0.5) is 0 Å². The molecule has 31 heavy (non-hydrogen) atoms. The number of pyridine rings is 1. The molecular weight excluding hydrogens is 426 g/mol. The van der Waals surface area contributed by atoms with Crippen molar-refractivity contribution in [3.8, 4) is 17.0 Å². The molecule has 1 fully saturated rings. The molecular formula is C21H23NO8S. The molecule has 4 atom stereocenters. The van der Waals surface area contributed by atoms with Gasteiger partial charge in [-0.05, 0) is 24.6 Å². The minimum atomic E-state index is -1.02. The largest absolute Gasteiger partial charge is 0.473 e. The van der Waals surface area contributed by atoms with Crippen LogP contribution in [0.2, 0.25) is 0 Å². The molecule has 0 aromatic carbocycles.